The third-order valence-corrected chi connectivity index (χ3v) is 5.31. The van der Waals surface area contributed by atoms with Gasteiger partial charge in [-0.25, -0.2) is 9.97 Å². The summed E-state index contributed by atoms with van der Waals surface area (Å²) >= 11 is 1.23. The molecule has 0 bridgehead atoms. The van der Waals surface area contributed by atoms with Crippen LogP contribution in [0.1, 0.15) is 56.1 Å². The Balaban J connectivity index is 2.13. The van der Waals surface area contributed by atoms with Crippen LogP contribution in [0.4, 0.5) is 0 Å². The molecule has 126 valence electrons. The molecule has 1 aliphatic rings. The second kappa shape index (κ2) is 7.63. The number of thioether (sulfide) groups is 1. The van der Waals surface area contributed by atoms with Crippen molar-refractivity contribution >= 4 is 17.7 Å². The van der Waals surface area contributed by atoms with E-state index in [9.17, 15) is 15.3 Å². The molecule has 1 aromatic rings. The van der Waals surface area contributed by atoms with Gasteiger partial charge >= 0.3 is 0 Å². The largest absolute Gasteiger partial charge is 0.337 e. The lowest BCUT2D eigenvalue weighted by atomic mass is 9.83. The number of amides is 1. The monoisotopic (exact) mass is 343 g/mol. The van der Waals surface area contributed by atoms with Gasteiger partial charge in [0.05, 0.1) is 17.0 Å². The fourth-order valence-corrected chi connectivity index (χ4v) is 3.87. The Morgan fingerprint density at radius 2 is 1.92 bits per heavy atom. The Kier molecular flexibility index (Phi) is 5.80. The van der Waals surface area contributed by atoms with Gasteiger partial charge in [0.2, 0.25) is 5.91 Å². The molecule has 1 fully saturated rings. The van der Waals surface area contributed by atoms with Crippen LogP contribution in [0.2, 0.25) is 0 Å². The Morgan fingerprint density at radius 1 is 1.25 bits per heavy atom. The smallest absolute Gasteiger partial charge is 0.234 e. The molecule has 0 spiro atoms. The zero-order valence-electron chi connectivity index (χ0n) is 14.2. The molecule has 0 aromatic carbocycles. The van der Waals surface area contributed by atoms with Gasteiger partial charge in [-0.05, 0) is 33.6 Å². The number of hydrogen-bond donors (Lipinski definition) is 1. The summed E-state index contributed by atoms with van der Waals surface area (Å²) in [5.41, 5.74) is 0.262. The molecule has 1 aliphatic carbocycles. The summed E-state index contributed by atoms with van der Waals surface area (Å²) in [5, 5.41) is 21.8. The first kappa shape index (κ1) is 18.2. The van der Waals surface area contributed by atoms with Crippen molar-refractivity contribution in [1.29, 1.82) is 10.5 Å². The number of hydrogen-bond acceptors (Lipinski definition) is 6. The molecule has 2 rings (SSSR count). The summed E-state index contributed by atoms with van der Waals surface area (Å²) in [6, 6.07) is 4.39. The summed E-state index contributed by atoms with van der Waals surface area (Å²) in [5.74, 6) is 0.378. The SMILES string of the molecule is Cc1nc(C)c(C#N)c(SC(C)C(=O)NC2(C#N)CCCCC2)n1. The number of carbonyl (C=O) groups is 1. The molecule has 7 heteroatoms. The molecule has 1 aromatic heterocycles. The number of nitriles is 2. The van der Waals surface area contributed by atoms with Gasteiger partial charge in [-0.15, -0.1) is 0 Å². The molecule has 0 radical (unpaired) electrons. The summed E-state index contributed by atoms with van der Waals surface area (Å²) in [6.07, 6.45) is 4.41. The van der Waals surface area contributed by atoms with Crippen molar-refractivity contribution in [2.75, 3.05) is 0 Å². The first-order valence-corrected chi connectivity index (χ1v) is 8.94. The molecular weight excluding hydrogens is 322 g/mol. The standard InChI is InChI=1S/C17H21N5OS/c1-11-14(9-18)16(21-13(3)20-11)24-12(2)15(23)22-17(10-19)7-5-4-6-8-17/h12H,4-8H2,1-3H3,(H,22,23). The van der Waals surface area contributed by atoms with Crippen LogP contribution in [0, 0.1) is 36.5 Å². The molecule has 1 unspecified atom stereocenters. The van der Waals surface area contributed by atoms with Crippen molar-refractivity contribution in [1.82, 2.24) is 15.3 Å². The minimum Gasteiger partial charge on any atom is -0.337 e. The Bertz CT molecular complexity index is 713. The van der Waals surface area contributed by atoms with Crippen LogP contribution in [0.5, 0.6) is 0 Å². The average Bonchev–Trinajstić information content (AvgIpc) is 2.55. The molecule has 1 atom stereocenters. The van der Waals surface area contributed by atoms with Crippen molar-refractivity contribution in [3.63, 3.8) is 0 Å². The first-order chi connectivity index (χ1) is 11.4. The van der Waals surface area contributed by atoms with Crippen molar-refractivity contribution in [3.05, 3.63) is 17.1 Å². The number of carbonyl (C=O) groups excluding carboxylic acids is 1. The lowest BCUT2D eigenvalue weighted by Gasteiger charge is -2.32. The topological polar surface area (TPSA) is 102 Å². The normalized spacial score (nSPS) is 17.4. The average molecular weight is 343 g/mol. The first-order valence-electron chi connectivity index (χ1n) is 8.06. The van der Waals surface area contributed by atoms with Gasteiger partial charge in [0.15, 0.2) is 0 Å². The highest BCUT2D eigenvalue weighted by Gasteiger charge is 2.35. The lowest BCUT2D eigenvalue weighted by molar-refractivity contribution is -0.121. The minimum absolute atomic E-state index is 0.193. The van der Waals surface area contributed by atoms with Crippen molar-refractivity contribution in [2.45, 2.75) is 68.7 Å². The molecule has 6 nitrogen and oxygen atoms in total. The van der Waals surface area contributed by atoms with Crippen molar-refractivity contribution in [2.24, 2.45) is 0 Å². The predicted octanol–water partition coefficient (Wildman–Crippen LogP) is 2.79. The molecule has 1 amide bonds. The highest BCUT2D eigenvalue weighted by Crippen LogP contribution is 2.30. The van der Waals surface area contributed by atoms with Gasteiger partial charge in [-0.2, -0.15) is 10.5 Å². The third kappa shape index (κ3) is 4.04. The van der Waals surface area contributed by atoms with Crippen molar-refractivity contribution in [3.8, 4) is 12.1 Å². The Morgan fingerprint density at radius 3 is 2.50 bits per heavy atom. The number of aromatic nitrogens is 2. The van der Waals surface area contributed by atoms with Crippen molar-refractivity contribution < 1.29 is 4.79 Å². The number of rotatable bonds is 4. The van der Waals surface area contributed by atoms with E-state index in [0.717, 1.165) is 19.3 Å². The molecule has 24 heavy (non-hydrogen) atoms. The number of aryl methyl sites for hydroxylation is 2. The van der Waals surface area contributed by atoms with E-state index >= 15 is 0 Å². The highest BCUT2D eigenvalue weighted by atomic mass is 32.2. The van der Waals surface area contributed by atoms with Gasteiger partial charge in [-0.1, -0.05) is 31.0 Å². The van der Waals surface area contributed by atoms with Gasteiger partial charge in [-0.3, -0.25) is 4.79 Å². The molecule has 1 heterocycles. The van der Waals surface area contributed by atoms with Crippen LogP contribution in [-0.2, 0) is 4.79 Å². The highest BCUT2D eigenvalue weighted by molar-refractivity contribution is 8.00. The molecule has 1 N–H and O–H groups in total. The van der Waals surface area contributed by atoms with E-state index in [1.807, 2.05) is 0 Å². The lowest BCUT2D eigenvalue weighted by Crippen LogP contribution is -2.50. The number of nitrogens with one attached hydrogen (secondary N) is 1. The number of nitrogens with zero attached hydrogens (tertiary/aromatic N) is 4. The second-order valence-corrected chi connectivity index (χ2v) is 7.48. The van der Waals surface area contributed by atoms with Crippen LogP contribution >= 0.6 is 11.8 Å². The second-order valence-electron chi connectivity index (χ2n) is 6.15. The van der Waals surface area contributed by atoms with E-state index in [0.29, 0.717) is 34.9 Å². The third-order valence-electron chi connectivity index (χ3n) is 4.22. The van der Waals surface area contributed by atoms with Gasteiger partial charge in [0.1, 0.15) is 28.0 Å². The van der Waals surface area contributed by atoms with Crippen LogP contribution in [0.15, 0.2) is 5.03 Å². The van der Waals surface area contributed by atoms with Crippen LogP contribution in [0.25, 0.3) is 0 Å². The molecule has 1 saturated carbocycles. The van der Waals surface area contributed by atoms with E-state index in [-0.39, 0.29) is 5.91 Å². The molecule has 0 aliphatic heterocycles. The summed E-state index contributed by atoms with van der Waals surface area (Å²) < 4.78 is 0. The zero-order valence-corrected chi connectivity index (χ0v) is 15.0. The molecule has 0 saturated heterocycles. The maximum absolute atomic E-state index is 12.5. The Labute approximate surface area is 146 Å². The van der Waals surface area contributed by atoms with Gasteiger partial charge < -0.3 is 5.32 Å². The van der Waals surface area contributed by atoms with E-state index in [2.05, 4.69) is 27.4 Å². The molecular formula is C17H21N5OS. The maximum atomic E-state index is 12.5. The minimum atomic E-state index is -0.750. The van der Waals surface area contributed by atoms with Crippen LogP contribution < -0.4 is 5.32 Å². The summed E-state index contributed by atoms with van der Waals surface area (Å²) in [6.45, 7) is 5.28. The summed E-state index contributed by atoms with van der Waals surface area (Å²) in [7, 11) is 0. The quantitative estimate of drug-likeness (QED) is 0.666. The van der Waals surface area contributed by atoms with E-state index in [1.165, 1.54) is 11.8 Å². The Hall–Kier alpha value is -2.12. The summed E-state index contributed by atoms with van der Waals surface area (Å²) in [4.78, 5) is 21.0. The van der Waals surface area contributed by atoms with Gasteiger partial charge in [0.25, 0.3) is 0 Å². The van der Waals surface area contributed by atoms with Crippen LogP contribution in [-0.4, -0.2) is 26.7 Å². The predicted molar refractivity (Wildman–Crippen MR) is 91.1 cm³/mol. The van der Waals surface area contributed by atoms with E-state index < -0.39 is 10.8 Å². The van der Waals surface area contributed by atoms with E-state index in [1.54, 1.807) is 20.8 Å². The van der Waals surface area contributed by atoms with Gasteiger partial charge in [0, 0.05) is 0 Å². The van der Waals surface area contributed by atoms with Crippen LogP contribution in [0.3, 0.4) is 0 Å². The zero-order chi connectivity index (χ0) is 17.7. The fourth-order valence-electron chi connectivity index (χ4n) is 2.87. The fraction of sp³-hybridized carbons (Fsp3) is 0.588. The van der Waals surface area contributed by atoms with E-state index in [4.69, 9.17) is 0 Å². The maximum Gasteiger partial charge on any atom is 0.234 e.